The van der Waals surface area contributed by atoms with Crippen LogP contribution in [0.4, 0.5) is 5.69 Å². The molecule has 1 heterocycles. The number of hydrogen-bond donors (Lipinski definition) is 2. The first-order valence-electron chi connectivity index (χ1n) is 7.75. The molecule has 1 aliphatic rings. The van der Waals surface area contributed by atoms with Gasteiger partial charge in [0, 0.05) is 24.0 Å². The van der Waals surface area contributed by atoms with Gasteiger partial charge in [-0.3, -0.25) is 9.35 Å². The normalized spacial score (nSPS) is 16.9. The summed E-state index contributed by atoms with van der Waals surface area (Å²) in [6.45, 7) is 0.538. The molecule has 1 amide bonds. The molecule has 6 nitrogen and oxygen atoms in total. The molecule has 25 heavy (non-hydrogen) atoms. The van der Waals surface area contributed by atoms with Gasteiger partial charge in [-0.25, -0.2) is 0 Å². The van der Waals surface area contributed by atoms with Crippen molar-refractivity contribution in [3.8, 4) is 0 Å². The maximum absolute atomic E-state index is 11.8. The third-order valence-corrected chi connectivity index (χ3v) is 5.28. The van der Waals surface area contributed by atoms with E-state index in [9.17, 15) is 17.8 Å². The molecular formula is C18H18N2O4S. The maximum Gasteiger partial charge on any atom is 0.276 e. The monoisotopic (exact) mass is 358 g/mol. The highest BCUT2D eigenvalue weighted by Gasteiger charge is 2.38. The average molecular weight is 358 g/mol. The Labute approximate surface area is 146 Å². The van der Waals surface area contributed by atoms with Crippen LogP contribution in [0.25, 0.3) is 0 Å². The van der Waals surface area contributed by atoms with Gasteiger partial charge in [0.1, 0.15) is 5.25 Å². The molecule has 0 bridgehead atoms. The number of fused-ring (bicyclic) bond motifs is 1. The molecule has 130 valence electrons. The summed E-state index contributed by atoms with van der Waals surface area (Å²) in [5.41, 5.74) is 7.32. The summed E-state index contributed by atoms with van der Waals surface area (Å²) >= 11 is 0. The smallest absolute Gasteiger partial charge is 0.276 e. The first-order valence-corrected chi connectivity index (χ1v) is 9.25. The lowest BCUT2D eigenvalue weighted by Gasteiger charge is -2.32. The standard InChI is InChI=1S/C18H18N2O4S/c19-18(21)15-12-20(11-10-13-6-2-1-3-7-13)16-9-5-4-8-14(16)17(15)25(22,23)24/h1-9,12,17H,10-11H2,(H2,19,21)(H,22,23,24)/t17-/m1/s1. The molecular weight excluding hydrogens is 340 g/mol. The summed E-state index contributed by atoms with van der Waals surface area (Å²) in [5, 5.41) is -1.46. The fraction of sp³-hybridized carbons (Fsp3) is 0.167. The van der Waals surface area contributed by atoms with Crippen LogP contribution in [0.1, 0.15) is 16.4 Å². The van der Waals surface area contributed by atoms with Gasteiger partial charge in [-0.2, -0.15) is 8.42 Å². The molecule has 2 aromatic carbocycles. The van der Waals surface area contributed by atoms with E-state index in [2.05, 4.69) is 0 Å². The fourth-order valence-corrected chi connectivity index (χ4v) is 4.05. The van der Waals surface area contributed by atoms with E-state index in [0.717, 1.165) is 5.56 Å². The zero-order valence-electron chi connectivity index (χ0n) is 13.4. The summed E-state index contributed by atoms with van der Waals surface area (Å²) in [6.07, 6.45) is 2.13. The van der Waals surface area contributed by atoms with E-state index in [-0.39, 0.29) is 5.57 Å². The zero-order chi connectivity index (χ0) is 18.0. The van der Waals surface area contributed by atoms with Gasteiger partial charge in [0.05, 0.1) is 5.57 Å². The van der Waals surface area contributed by atoms with E-state index in [4.69, 9.17) is 5.73 Å². The number of carbonyl (C=O) groups excluding carboxylic acids is 1. The van der Waals surface area contributed by atoms with Crippen LogP contribution in [0, 0.1) is 0 Å². The number of nitrogens with two attached hydrogens (primary N) is 1. The number of rotatable bonds is 5. The number of nitrogens with zero attached hydrogens (tertiary/aromatic N) is 1. The maximum atomic E-state index is 11.8. The van der Waals surface area contributed by atoms with Crippen molar-refractivity contribution >= 4 is 21.7 Å². The Bertz CT molecular complexity index is 923. The minimum atomic E-state index is -4.52. The molecule has 1 atom stereocenters. The van der Waals surface area contributed by atoms with Gasteiger partial charge in [0.25, 0.3) is 10.1 Å². The van der Waals surface area contributed by atoms with Crippen molar-refractivity contribution in [2.75, 3.05) is 11.4 Å². The number of benzene rings is 2. The Morgan fingerprint density at radius 2 is 1.72 bits per heavy atom. The molecule has 0 spiro atoms. The largest absolute Gasteiger partial charge is 0.366 e. The molecule has 0 aromatic heterocycles. The molecule has 0 aliphatic carbocycles. The first-order chi connectivity index (χ1) is 11.9. The highest BCUT2D eigenvalue weighted by molar-refractivity contribution is 7.86. The van der Waals surface area contributed by atoms with Crippen molar-refractivity contribution in [2.45, 2.75) is 11.7 Å². The summed E-state index contributed by atoms with van der Waals surface area (Å²) in [5.74, 6) is -0.873. The van der Waals surface area contributed by atoms with Crippen molar-refractivity contribution in [1.29, 1.82) is 0 Å². The minimum absolute atomic E-state index is 0.144. The molecule has 0 radical (unpaired) electrons. The molecule has 7 heteroatoms. The summed E-state index contributed by atoms with van der Waals surface area (Å²) in [6, 6.07) is 16.6. The van der Waals surface area contributed by atoms with E-state index in [0.29, 0.717) is 24.2 Å². The quantitative estimate of drug-likeness (QED) is 0.797. The van der Waals surface area contributed by atoms with Crippen LogP contribution >= 0.6 is 0 Å². The van der Waals surface area contributed by atoms with Crippen LogP contribution in [0.5, 0.6) is 0 Å². The van der Waals surface area contributed by atoms with Crippen LogP contribution in [0.15, 0.2) is 66.4 Å². The van der Waals surface area contributed by atoms with Crippen molar-refractivity contribution < 1.29 is 17.8 Å². The molecule has 2 aromatic rings. The Hall–Kier alpha value is -2.64. The van der Waals surface area contributed by atoms with Crippen LogP contribution < -0.4 is 10.6 Å². The van der Waals surface area contributed by atoms with Crippen molar-refractivity contribution in [3.63, 3.8) is 0 Å². The van der Waals surface area contributed by atoms with Gasteiger partial charge in [-0.15, -0.1) is 0 Å². The second-order valence-corrected chi connectivity index (χ2v) is 7.33. The molecule has 1 aliphatic heterocycles. The number of para-hydroxylation sites is 1. The van der Waals surface area contributed by atoms with Gasteiger partial charge < -0.3 is 10.6 Å². The summed E-state index contributed by atoms with van der Waals surface area (Å²) in [7, 11) is -4.52. The number of carbonyl (C=O) groups is 1. The fourth-order valence-electron chi connectivity index (χ4n) is 3.04. The Morgan fingerprint density at radius 3 is 2.36 bits per heavy atom. The molecule has 3 N–H and O–H groups in total. The topological polar surface area (TPSA) is 101 Å². The number of primary amides is 1. The summed E-state index contributed by atoms with van der Waals surface area (Å²) in [4.78, 5) is 13.6. The lowest BCUT2D eigenvalue weighted by Crippen LogP contribution is -2.34. The number of hydrogen-bond acceptors (Lipinski definition) is 4. The molecule has 0 unspecified atom stereocenters. The third kappa shape index (κ3) is 3.57. The second kappa shape index (κ2) is 6.70. The molecule has 3 rings (SSSR count). The van der Waals surface area contributed by atoms with Crippen molar-refractivity contribution in [3.05, 3.63) is 77.5 Å². The van der Waals surface area contributed by atoms with Gasteiger partial charge in [0.15, 0.2) is 0 Å². The third-order valence-electron chi connectivity index (χ3n) is 4.17. The van der Waals surface area contributed by atoms with Crippen LogP contribution in [-0.2, 0) is 21.3 Å². The van der Waals surface area contributed by atoms with Crippen LogP contribution in [-0.4, -0.2) is 25.4 Å². The van der Waals surface area contributed by atoms with E-state index in [1.54, 1.807) is 29.2 Å². The van der Waals surface area contributed by atoms with Gasteiger partial charge >= 0.3 is 0 Å². The Morgan fingerprint density at radius 1 is 1.08 bits per heavy atom. The second-order valence-electron chi connectivity index (χ2n) is 5.83. The highest BCUT2D eigenvalue weighted by Crippen LogP contribution is 2.40. The van der Waals surface area contributed by atoms with E-state index >= 15 is 0 Å². The van der Waals surface area contributed by atoms with Crippen molar-refractivity contribution in [2.24, 2.45) is 5.73 Å². The molecule has 0 saturated heterocycles. The predicted molar refractivity (Wildman–Crippen MR) is 95.5 cm³/mol. The van der Waals surface area contributed by atoms with Crippen molar-refractivity contribution in [1.82, 2.24) is 0 Å². The van der Waals surface area contributed by atoms with E-state index in [1.165, 1.54) is 6.20 Å². The molecule has 0 fully saturated rings. The predicted octanol–water partition coefficient (Wildman–Crippen LogP) is 2.05. The highest BCUT2D eigenvalue weighted by atomic mass is 32.2. The van der Waals surface area contributed by atoms with E-state index in [1.807, 2.05) is 30.3 Å². The number of amides is 1. The van der Waals surface area contributed by atoms with Gasteiger partial charge in [-0.1, -0.05) is 48.5 Å². The van der Waals surface area contributed by atoms with Gasteiger partial charge in [0.2, 0.25) is 5.91 Å². The SMILES string of the molecule is NC(=O)C1=CN(CCc2ccccc2)c2ccccc2[C@H]1S(=O)(=O)O. The van der Waals surface area contributed by atoms with Crippen LogP contribution in [0.3, 0.4) is 0 Å². The Kier molecular flexibility index (Phi) is 4.61. The van der Waals surface area contributed by atoms with Gasteiger partial charge in [-0.05, 0) is 18.1 Å². The lowest BCUT2D eigenvalue weighted by atomic mass is 9.98. The molecule has 0 saturated carbocycles. The zero-order valence-corrected chi connectivity index (χ0v) is 14.2. The average Bonchev–Trinajstić information content (AvgIpc) is 2.58. The number of anilines is 1. The van der Waals surface area contributed by atoms with E-state index < -0.39 is 21.3 Å². The Balaban J connectivity index is 2.01. The summed E-state index contributed by atoms with van der Waals surface area (Å²) < 4.78 is 33.3. The lowest BCUT2D eigenvalue weighted by molar-refractivity contribution is -0.114. The first kappa shape index (κ1) is 17.2. The minimum Gasteiger partial charge on any atom is -0.366 e. The van der Waals surface area contributed by atoms with Crippen LogP contribution in [0.2, 0.25) is 0 Å².